The summed E-state index contributed by atoms with van der Waals surface area (Å²) >= 11 is 0. The molecule has 2 unspecified atom stereocenters. The lowest BCUT2D eigenvalue weighted by atomic mass is 9.72. The second-order valence-electron chi connectivity index (χ2n) is 7.16. The predicted molar refractivity (Wildman–Crippen MR) is 87.7 cm³/mol. The van der Waals surface area contributed by atoms with E-state index < -0.39 is 20.2 Å². The smallest absolute Gasteiger partial charge is 0.241 e. The maximum atomic E-state index is 13.0. The molecule has 3 aliphatic rings. The van der Waals surface area contributed by atoms with Gasteiger partial charge in [-0.25, -0.2) is 0 Å². The first-order valence-electron chi connectivity index (χ1n) is 7.97. The maximum Gasteiger partial charge on any atom is 0.241 e. The highest BCUT2D eigenvalue weighted by Crippen LogP contribution is 2.39. The molecule has 1 amide bonds. The summed E-state index contributed by atoms with van der Waals surface area (Å²) in [5.74, 6) is -1.05. The van der Waals surface area contributed by atoms with E-state index in [-0.39, 0.29) is 23.2 Å². The van der Waals surface area contributed by atoms with E-state index >= 15 is 0 Å². The van der Waals surface area contributed by atoms with Crippen molar-refractivity contribution in [1.82, 2.24) is 5.32 Å². The molecule has 0 radical (unpaired) electrons. The number of nitrogens with one attached hydrogen (secondary N) is 1. The molecule has 3 rings (SSSR count). The zero-order valence-corrected chi connectivity index (χ0v) is 14.6. The minimum absolute atomic E-state index is 0.0622. The van der Waals surface area contributed by atoms with Crippen LogP contribution in [-0.4, -0.2) is 25.8 Å². The molecule has 2 atom stereocenters. The standard InChI is InChI=1S/C17H21NO4Si/c1-23(2,3)22-12-8-4-6-10-14(12)17(21)15-11(16(10)20)7-5-9-13(19)18-15/h4,6,8,10,14H,5,7,9H2,1-3H3,(H,18,19). The Kier molecular flexibility index (Phi) is 3.88. The van der Waals surface area contributed by atoms with E-state index in [4.69, 9.17) is 4.43 Å². The maximum absolute atomic E-state index is 13.0. The first-order chi connectivity index (χ1) is 10.8. The molecule has 0 aromatic heterocycles. The Balaban J connectivity index is 2.02. The van der Waals surface area contributed by atoms with E-state index in [2.05, 4.69) is 5.32 Å². The third kappa shape index (κ3) is 2.95. The van der Waals surface area contributed by atoms with Crippen molar-refractivity contribution in [2.24, 2.45) is 11.8 Å². The van der Waals surface area contributed by atoms with Crippen LogP contribution in [0.3, 0.4) is 0 Å². The molecule has 1 aliphatic heterocycles. The molecular weight excluding hydrogens is 310 g/mol. The van der Waals surface area contributed by atoms with Crippen molar-refractivity contribution in [3.63, 3.8) is 0 Å². The van der Waals surface area contributed by atoms with Crippen LogP contribution >= 0.6 is 0 Å². The van der Waals surface area contributed by atoms with Crippen molar-refractivity contribution in [3.05, 3.63) is 35.3 Å². The molecule has 6 heteroatoms. The van der Waals surface area contributed by atoms with Gasteiger partial charge in [0.1, 0.15) is 0 Å². The van der Waals surface area contributed by atoms with Crippen LogP contribution in [0.1, 0.15) is 19.3 Å². The van der Waals surface area contributed by atoms with Crippen LogP contribution in [-0.2, 0) is 18.8 Å². The minimum atomic E-state index is -1.91. The van der Waals surface area contributed by atoms with Crippen LogP contribution < -0.4 is 5.32 Å². The highest BCUT2D eigenvalue weighted by molar-refractivity contribution is 6.70. The summed E-state index contributed by atoms with van der Waals surface area (Å²) < 4.78 is 6.05. The lowest BCUT2D eigenvalue weighted by Crippen LogP contribution is -2.44. The van der Waals surface area contributed by atoms with Gasteiger partial charge in [0.15, 0.2) is 11.6 Å². The second-order valence-corrected chi connectivity index (χ2v) is 11.6. The van der Waals surface area contributed by atoms with Crippen LogP contribution in [0.25, 0.3) is 0 Å². The number of rotatable bonds is 2. The molecule has 1 N–H and O–H groups in total. The van der Waals surface area contributed by atoms with Gasteiger partial charge < -0.3 is 9.74 Å². The first-order valence-corrected chi connectivity index (χ1v) is 11.4. The van der Waals surface area contributed by atoms with Crippen LogP contribution in [0.4, 0.5) is 0 Å². The summed E-state index contributed by atoms with van der Waals surface area (Å²) in [4.78, 5) is 37.6. The Morgan fingerprint density at radius 1 is 1.13 bits per heavy atom. The summed E-state index contributed by atoms with van der Waals surface area (Å²) in [5.41, 5.74) is 0.667. The largest absolute Gasteiger partial charge is 0.547 e. The SMILES string of the molecule is C[Si](C)(C)OC1=CC=CC2C(=O)C3=C(NC(=O)CCC3)C(=O)C12. The zero-order chi connectivity index (χ0) is 16.8. The molecule has 2 aliphatic carbocycles. The number of amides is 1. The normalized spacial score (nSPS) is 27.8. The average Bonchev–Trinajstić information content (AvgIpc) is 2.65. The van der Waals surface area contributed by atoms with Crippen molar-refractivity contribution in [2.75, 3.05) is 0 Å². The van der Waals surface area contributed by atoms with Gasteiger partial charge in [-0.1, -0.05) is 12.2 Å². The number of carbonyl (C=O) groups is 3. The van der Waals surface area contributed by atoms with E-state index in [1.807, 2.05) is 19.6 Å². The van der Waals surface area contributed by atoms with Gasteiger partial charge in [0.2, 0.25) is 14.2 Å². The third-order valence-corrected chi connectivity index (χ3v) is 5.04. The molecule has 0 saturated carbocycles. The number of ketones is 2. The number of hydrogen-bond acceptors (Lipinski definition) is 4. The Morgan fingerprint density at radius 3 is 2.57 bits per heavy atom. The quantitative estimate of drug-likeness (QED) is 0.788. The Hall–Kier alpha value is -1.95. The number of allylic oxidation sites excluding steroid dienone is 6. The number of carbonyl (C=O) groups excluding carboxylic acids is 3. The topological polar surface area (TPSA) is 72.5 Å². The van der Waals surface area contributed by atoms with E-state index in [9.17, 15) is 14.4 Å². The molecule has 0 spiro atoms. The molecule has 0 aromatic carbocycles. The van der Waals surface area contributed by atoms with Crippen molar-refractivity contribution >= 4 is 25.8 Å². The fraction of sp³-hybridized carbons (Fsp3) is 0.471. The van der Waals surface area contributed by atoms with Crippen LogP contribution in [0.5, 0.6) is 0 Å². The van der Waals surface area contributed by atoms with Gasteiger partial charge in [0.05, 0.1) is 23.3 Å². The van der Waals surface area contributed by atoms with Gasteiger partial charge >= 0.3 is 0 Å². The third-order valence-electron chi connectivity index (χ3n) is 4.19. The molecule has 122 valence electrons. The molecule has 0 saturated heterocycles. The number of fused-ring (bicyclic) bond motifs is 1. The van der Waals surface area contributed by atoms with Gasteiger partial charge in [-0.3, -0.25) is 14.4 Å². The first kappa shape index (κ1) is 15.9. The van der Waals surface area contributed by atoms with Gasteiger partial charge in [0, 0.05) is 12.0 Å². The summed E-state index contributed by atoms with van der Waals surface area (Å²) in [7, 11) is -1.91. The summed E-state index contributed by atoms with van der Waals surface area (Å²) in [6.45, 7) is 6.11. The van der Waals surface area contributed by atoms with Crippen molar-refractivity contribution < 1.29 is 18.8 Å². The summed E-state index contributed by atoms with van der Waals surface area (Å²) in [6.07, 6.45) is 6.76. The molecule has 0 bridgehead atoms. The van der Waals surface area contributed by atoms with Gasteiger partial charge in [-0.05, 0) is 38.6 Å². The van der Waals surface area contributed by atoms with E-state index in [0.717, 1.165) is 0 Å². The fourth-order valence-corrected chi connectivity index (χ4v) is 4.19. The lowest BCUT2D eigenvalue weighted by Gasteiger charge is -2.35. The Bertz CT molecular complexity index is 681. The lowest BCUT2D eigenvalue weighted by molar-refractivity contribution is -0.130. The number of Topliss-reactive ketones (excluding diaryl/α,β-unsaturated/α-hetero) is 2. The molecule has 23 heavy (non-hydrogen) atoms. The Morgan fingerprint density at radius 2 is 1.87 bits per heavy atom. The fourth-order valence-electron chi connectivity index (χ4n) is 3.29. The van der Waals surface area contributed by atoms with Crippen LogP contribution in [0.15, 0.2) is 35.3 Å². The molecule has 1 heterocycles. The van der Waals surface area contributed by atoms with Gasteiger partial charge in [-0.15, -0.1) is 0 Å². The molecular formula is C17H21NO4Si. The van der Waals surface area contributed by atoms with Gasteiger partial charge in [0.25, 0.3) is 0 Å². The monoisotopic (exact) mass is 331 g/mol. The van der Waals surface area contributed by atoms with Gasteiger partial charge in [-0.2, -0.15) is 0 Å². The van der Waals surface area contributed by atoms with E-state index in [0.29, 0.717) is 30.6 Å². The molecule has 5 nitrogen and oxygen atoms in total. The highest BCUT2D eigenvalue weighted by atomic mass is 28.4. The summed E-state index contributed by atoms with van der Waals surface area (Å²) in [6, 6.07) is 0. The van der Waals surface area contributed by atoms with Crippen LogP contribution in [0.2, 0.25) is 19.6 Å². The van der Waals surface area contributed by atoms with E-state index in [1.165, 1.54) is 0 Å². The zero-order valence-electron chi connectivity index (χ0n) is 13.6. The Labute approximate surface area is 136 Å². The highest BCUT2D eigenvalue weighted by Gasteiger charge is 2.46. The van der Waals surface area contributed by atoms with Crippen molar-refractivity contribution in [1.29, 1.82) is 0 Å². The summed E-state index contributed by atoms with van der Waals surface area (Å²) in [5, 5.41) is 2.65. The second kappa shape index (κ2) is 5.60. The molecule has 0 fully saturated rings. The predicted octanol–water partition coefficient (Wildman–Crippen LogP) is 2.23. The van der Waals surface area contributed by atoms with Crippen molar-refractivity contribution in [2.45, 2.75) is 38.9 Å². The van der Waals surface area contributed by atoms with E-state index in [1.54, 1.807) is 18.2 Å². The average molecular weight is 331 g/mol. The number of hydrogen-bond donors (Lipinski definition) is 1. The van der Waals surface area contributed by atoms with Crippen LogP contribution in [0, 0.1) is 11.8 Å². The van der Waals surface area contributed by atoms with Crippen molar-refractivity contribution in [3.8, 4) is 0 Å². The minimum Gasteiger partial charge on any atom is -0.547 e. The molecule has 0 aromatic rings.